The lowest BCUT2D eigenvalue weighted by Gasteiger charge is -2.13. The second kappa shape index (κ2) is 4.97. The molecule has 1 nitrogen and oxygen atoms in total. The second-order valence-corrected chi connectivity index (χ2v) is 7.82. The molecule has 0 amide bonds. The van der Waals surface area contributed by atoms with Gasteiger partial charge in [0, 0.05) is 15.8 Å². The van der Waals surface area contributed by atoms with Gasteiger partial charge < -0.3 is 5.11 Å². The summed E-state index contributed by atoms with van der Waals surface area (Å²) in [6.07, 6.45) is 3.02. The van der Waals surface area contributed by atoms with Gasteiger partial charge in [0.2, 0.25) is 0 Å². The Labute approximate surface area is 131 Å². The van der Waals surface area contributed by atoms with E-state index < -0.39 is 0 Å². The Morgan fingerprint density at radius 3 is 2.95 bits per heavy atom. The van der Waals surface area contributed by atoms with Gasteiger partial charge in [-0.25, -0.2) is 0 Å². The summed E-state index contributed by atoms with van der Waals surface area (Å²) in [6.45, 7) is 0. The first-order valence-electron chi connectivity index (χ1n) is 7.23. The van der Waals surface area contributed by atoms with E-state index in [1.807, 2.05) is 0 Å². The van der Waals surface area contributed by atoms with Crippen LogP contribution >= 0.6 is 27.3 Å². The first kappa shape index (κ1) is 13.1. The molecule has 1 fully saturated rings. The molecule has 0 aliphatic heterocycles. The molecule has 0 saturated heterocycles. The number of aliphatic hydroxyl groups is 1. The van der Waals surface area contributed by atoms with Gasteiger partial charge in [0.05, 0.1) is 6.10 Å². The molecule has 4 atom stereocenters. The number of thiophene rings is 1. The number of halogens is 1. The van der Waals surface area contributed by atoms with E-state index in [0.29, 0.717) is 17.8 Å². The van der Waals surface area contributed by atoms with E-state index in [0.717, 1.165) is 10.9 Å². The van der Waals surface area contributed by atoms with Gasteiger partial charge in [0.15, 0.2) is 0 Å². The average molecular weight is 349 g/mol. The highest BCUT2D eigenvalue weighted by molar-refractivity contribution is 9.10. The predicted octanol–water partition coefficient (Wildman–Crippen LogP) is 4.39. The van der Waals surface area contributed by atoms with Crippen LogP contribution in [0.3, 0.4) is 0 Å². The van der Waals surface area contributed by atoms with Crippen molar-refractivity contribution in [3.8, 4) is 0 Å². The van der Waals surface area contributed by atoms with E-state index in [2.05, 4.69) is 51.6 Å². The Balaban J connectivity index is 1.53. The van der Waals surface area contributed by atoms with Gasteiger partial charge >= 0.3 is 0 Å². The van der Waals surface area contributed by atoms with Gasteiger partial charge in [-0.2, -0.15) is 0 Å². The van der Waals surface area contributed by atoms with Crippen molar-refractivity contribution in [3.05, 3.63) is 56.2 Å². The summed E-state index contributed by atoms with van der Waals surface area (Å²) in [5, 5.41) is 12.7. The highest BCUT2D eigenvalue weighted by Crippen LogP contribution is 2.61. The van der Waals surface area contributed by atoms with Gasteiger partial charge in [-0.1, -0.05) is 24.3 Å². The molecule has 0 radical (unpaired) electrons. The summed E-state index contributed by atoms with van der Waals surface area (Å²) in [6, 6.07) is 10.9. The zero-order chi connectivity index (χ0) is 13.7. The van der Waals surface area contributed by atoms with E-state index in [1.165, 1.54) is 28.8 Å². The highest BCUT2D eigenvalue weighted by Gasteiger charge is 2.55. The van der Waals surface area contributed by atoms with Gasteiger partial charge in [-0.3, -0.25) is 0 Å². The Morgan fingerprint density at radius 1 is 1.30 bits per heavy atom. The summed E-state index contributed by atoms with van der Waals surface area (Å²) >= 11 is 5.30. The number of aryl methyl sites for hydroxylation is 1. The summed E-state index contributed by atoms with van der Waals surface area (Å²) in [7, 11) is 0. The lowest BCUT2D eigenvalue weighted by Crippen LogP contribution is -2.14. The molecule has 20 heavy (non-hydrogen) atoms. The van der Waals surface area contributed by atoms with Crippen LogP contribution in [-0.2, 0) is 12.8 Å². The SMILES string of the molecule is OC(Cc1sccc1Br)C1C2CCc3ccccc3C21. The van der Waals surface area contributed by atoms with Crippen LogP contribution in [0.2, 0.25) is 0 Å². The summed E-state index contributed by atoms with van der Waals surface area (Å²) in [5.74, 6) is 1.78. The number of rotatable bonds is 3. The fraction of sp³-hybridized carbons (Fsp3) is 0.412. The highest BCUT2D eigenvalue weighted by atomic mass is 79.9. The van der Waals surface area contributed by atoms with E-state index in [1.54, 1.807) is 11.3 Å². The first-order valence-corrected chi connectivity index (χ1v) is 8.90. The minimum Gasteiger partial charge on any atom is -0.392 e. The van der Waals surface area contributed by atoms with Crippen molar-refractivity contribution < 1.29 is 5.11 Å². The third-order valence-corrected chi connectivity index (χ3v) is 6.87. The molecule has 2 aromatic rings. The Bertz CT molecular complexity index is 635. The van der Waals surface area contributed by atoms with Crippen LogP contribution in [0.25, 0.3) is 0 Å². The van der Waals surface area contributed by atoms with Crippen LogP contribution in [0.15, 0.2) is 40.2 Å². The third-order valence-electron chi connectivity index (χ3n) is 4.92. The zero-order valence-electron chi connectivity index (χ0n) is 11.1. The Hall–Kier alpha value is -0.640. The second-order valence-electron chi connectivity index (χ2n) is 5.97. The quantitative estimate of drug-likeness (QED) is 0.871. The lowest BCUT2D eigenvalue weighted by molar-refractivity contribution is 0.144. The smallest absolute Gasteiger partial charge is 0.0625 e. The maximum absolute atomic E-state index is 10.6. The molecule has 1 aromatic carbocycles. The van der Waals surface area contributed by atoms with Crippen molar-refractivity contribution in [1.29, 1.82) is 0 Å². The zero-order valence-corrected chi connectivity index (χ0v) is 13.5. The standard InChI is InChI=1S/C17H17BrOS/c18-13-7-8-20-15(13)9-14(19)17-12-6-5-10-3-1-2-4-11(10)16(12)17/h1-4,7-8,12,14,16-17,19H,5-6,9H2. The molecule has 4 unspecified atom stereocenters. The summed E-state index contributed by atoms with van der Waals surface area (Å²) in [4.78, 5) is 1.27. The molecule has 1 saturated carbocycles. The molecular formula is C17H17BrOS. The van der Waals surface area contributed by atoms with Crippen molar-refractivity contribution in [3.63, 3.8) is 0 Å². The Kier molecular flexibility index (Phi) is 3.24. The fourth-order valence-corrected chi connectivity index (χ4v) is 5.51. The number of aliphatic hydroxyl groups excluding tert-OH is 1. The molecule has 2 aliphatic rings. The van der Waals surface area contributed by atoms with E-state index in [9.17, 15) is 5.11 Å². The van der Waals surface area contributed by atoms with Crippen molar-refractivity contribution >= 4 is 27.3 Å². The molecule has 1 N–H and O–H groups in total. The van der Waals surface area contributed by atoms with Crippen LogP contribution in [0.5, 0.6) is 0 Å². The minimum atomic E-state index is -0.203. The van der Waals surface area contributed by atoms with Gasteiger partial charge in [0.25, 0.3) is 0 Å². The third kappa shape index (κ3) is 2.07. The van der Waals surface area contributed by atoms with E-state index >= 15 is 0 Å². The van der Waals surface area contributed by atoms with Crippen LogP contribution in [-0.4, -0.2) is 11.2 Å². The molecule has 0 bridgehead atoms. The molecule has 1 aromatic heterocycles. The number of benzene rings is 1. The number of hydrogen-bond acceptors (Lipinski definition) is 2. The van der Waals surface area contributed by atoms with Crippen LogP contribution in [0.1, 0.15) is 28.3 Å². The van der Waals surface area contributed by atoms with Crippen molar-refractivity contribution in [1.82, 2.24) is 0 Å². The van der Waals surface area contributed by atoms with E-state index in [-0.39, 0.29) is 6.10 Å². The Morgan fingerprint density at radius 2 is 2.15 bits per heavy atom. The maximum atomic E-state index is 10.6. The summed E-state index contributed by atoms with van der Waals surface area (Å²) < 4.78 is 1.14. The van der Waals surface area contributed by atoms with Gasteiger partial charge in [0.1, 0.15) is 0 Å². The molecular weight excluding hydrogens is 332 g/mol. The van der Waals surface area contributed by atoms with Crippen molar-refractivity contribution in [2.45, 2.75) is 31.3 Å². The van der Waals surface area contributed by atoms with Crippen molar-refractivity contribution in [2.24, 2.45) is 11.8 Å². The molecule has 2 aliphatic carbocycles. The van der Waals surface area contributed by atoms with Crippen LogP contribution in [0.4, 0.5) is 0 Å². The van der Waals surface area contributed by atoms with Gasteiger partial charge in [-0.15, -0.1) is 11.3 Å². The molecule has 104 valence electrons. The molecule has 4 rings (SSSR count). The van der Waals surface area contributed by atoms with E-state index in [4.69, 9.17) is 0 Å². The monoisotopic (exact) mass is 348 g/mol. The van der Waals surface area contributed by atoms with Crippen LogP contribution < -0.4 is 0 Å². The maximum Gasteiger partial charge on any atom is 0.0625 e. The largest absolute Gasteiger partial charge is 0.392 e. The fourth-order valence-electron chi connectivity index (χ4n) is 3.94. The topological polar surface area (TPSA) is 20.2 Å². The predicted molar refractivity (Wildman–Crippen MR) is 86.2 cm³/mol. The minimum absolute atomic E-state index is 0.203. The normalized spacial score (nSPS) is 28.6. The lowest BCUT2D eigenvalue weighted by atomic mass is 9.92. The molecule has 0 spiro atoms. The van der Waals surface area contributed by atoms with Crippen LogP contribution in [0, 0.1) is 11.8 Å². The van der Waals surface area contributed by atoms with Crippen molar-refractivity contribution in [2.75, 3.05) is 0 Å². The average Bonchev–Trinajstić information content (AvgIpc) is 3.09. The molecule has 3 heteroatoms. The molecule has 1 heterocycles. The number of hydrogen-bond donors (Lipinski definition) is 1. The van der Waals surface area contributed by atoms with Gasteiger partial charge in [-0.05, 0) is 69.1 Å². The summed E-state index contributed by atoms with van der Waals surface area (Å²) in [5.41, 5.74) is 3.00. The first-order chi connectivity index (χ1) is 9.75. The number of fused-ring (bicyclic) bond motifs is 3.